The van der Waals surface area contributed by atoms with E-state index in [0.717, 1.165) is 0 Å². The van der Waals surface area contributed by atoms with Gasteiger partial charge >= 0.3 is 37.9 Å². The Hall–Kier alpha value is -1.66. The van der Waals surface area contributed by atoms with E-state index in [1.54, 1.807) is 0 Å². The second-order valence-corrected chi connectivity index (χ2v) is 12.0. The fourth-order valence-corrected chi connectivity index (χ4v) is 5.87. The summed E-state index contributed by atoms with van der Waals surface area (Å²) in [6, 6.07) is 33.7. The van der Waals surface area contributed by atoms with E-state index in [0.29, 0.717) is 11.8 Å². The normalized spacial score (nSPS) is 22.7. The molecule has 31 heavy (non-hydrogen) atoms. The number of benzene rings is 4. The third-order valence-corrected chi connectivity index (χ3v) is 6.97. The van der Waals surface area contributed by atoms with Gasteiger partial charge in [-0.25, -0.2) is 0 Å². The van der Waals surface area contributed by atoms with Gasteiger partial charge in [-0.15, -0.1) is 0 Å². The van der Waals surface area contributed by atoms with Crippen LogP contribution in [0.25, 0.3) is 16.8 Å². The van der Waals surface area contributed by atoms with E-state index in [2.05, 4.69) is 110 Å². The van der Waals surface area contributed by atoms with Crippen molar-refractivity contribution < 1.29 is 20.8 Å². The first kappa shape index (κ1) is 21.2. The Morgan fingerprint density at radius 1 is 0.742 bits per heavy atom. The maximum absolute atomic E-state index is 4.93. The number of rotatable bonds is 2. The zero-order chi connectivity index (χ0) is 21.4. The Balaban J connectivity index is 0.000000646. The Labute approximate surface area is 202 Å². The van der Waals surface area contributed by atoms with Crippen LogP contribution in [0.2, 0.25) is 0 Å². The fraction of sp³-hybridized carbons (Fsp3) is 0.143. The van der Waals surface area contributed by atoms with Crippen LogP contribution in [0.1, 0.15) is 46.6 Å². The molecule has 0 spiro atoms. The van der Waals surface area contributed by atoms with Gasteiger partial charge in [0.1, 0.15) is 0 Å². The quantitative estimate of drug-likeness (QED) is 0.249. The molecule has 3 atom stereocenters. The Bertz CT molecular complexity index is 1260. The number of hydrogen-bond donors (Lipinski definition) is 0. The van der Waals surface area contributed by atoms with Crippen molar-refractivity contribution in [3.05, 3.63) is 125 Å². The summed E-state index contributed by atoms with van der Waals surface area (Å²) in [4.78, 5) is 0. The predicted molar refractivity (Wildman–Crippen MR) is 130 cm³/mol. The molecule has 0 fully saturated rings. The van der Waals surface area contributed by atoms with Gasteiger partial charge in [0.2, 0.25) is 0 Å². The van der Waals surface area contributed by atoms with Crippen molar-refractivity contribution in [2.24, 2.45) is 0 Å². The molecule has 0 N–H and O–H groups in total. The molecular formula is C28H22Cl2Zr. The van der Waals surface area contributed by atoms with Crippen LogP contribution >= 0.6 is 17.0 Å². The summed E-state index contributed by atoms with van der Waals surface area (Å²) in [6.07, 6.45) is 4.80. The van der Waals surface area contributed by atoms with Crippen LogP contribution in [0.4, 0.5) is 0 Å². The molecule has 0 bridgehead atoms. The average Bonchev–Trinajstić information content (AvgIpc) is 3.33. The van der Waals surface area contributed by atoms with Crippen molar-refractivity contribution in [3.63, 3.8) is 0 Å². The van der Waals surface area contributed by atoms with Gasteiger partial charge in [-0.1, -0.05) is 110 Å². The van der Waals surface area contributed by atoms with Crippen molar-refractivity contribution >= 4 is 33.9 Å². The molecule has 152 valence electrons. The minimum absolute atomic E-state index is 0.134. The van der Waals surface area contributed by atoms with Crippen LogP contribution in [0.3, 0.4) is 0 Å². The van der Waals surface area contributed by atoms with Crippen LogP contribution in [0, 0.1) is 0 Å². The summed E-state index contributed by atoms with van der Waals surface area (Å²) in [5.74, 6) is 0.841. The molecule has 4 aromatic rings. The van der Waals surface area contributed by atoms with E-state index < -0.39 is 20.8 Å². The molecule has 0 aromatic heterocycles. The number of halogens is 2. The van der Waals surface area contributed by atoms with E-state index in [1.807, 2.05) is 0 Å². The fourth-order valence-electron chi connectivity index (χ4n) is 5.87. The van der Waals surface area contributed by atoms with Gasteiger partial charge in [0.25, 0.3) is 0 Å². The summed E-state index contributed by atoms with van der Waals surface area (Å²) in [5.41, 5.74) is 7.02. The SMILES string of the molecule is CC1c2cccc3cccc(c23)C1C1(c2ccccc2)C=Cc2ccccc21.[Cl][Zr][Cl]. The van der Waals surface area contributed by atoms with Crippen LogP contribution < -0.4 is 0 Å². The zero-order valence-corrected chi connectivity index (χ0v) is 21.2. The molecule has 0 saturated carbocycles. The molecule has 0 radical (unpaired) electrons. The van der Waals surface area contributed by atoms with E-state index in [-0.39, 0.29) is 5.41 Å². The van der Waals surface area contributed by atoms with Crippen LogP contribution in [-0.4, -0.2) is 0 Å². The monoisotopic (exact) mass is 518 g/mol. The zero-order valence-electron chi connectivity index (χ0n) is 17.2. The molecule has 4 aromatic carbocycles. The summed E-state index contributed by atoms with van der Waals surface area (Å²) < 4.78 is 0. The van der Waals surface area contributed by atoms with Crippen LogP contribution in [-0.2, 0) is 26.3 Å². The Morgan fingerprint density at radius 3 is 2.13 bits per heavy atom. The number of allylic oxidation sites excluding steroid dienone is 1. The van der Waals surface area contributed by atoms with Crippen LogP contribution in [0.5, 0.6) is 0 Å². The van der Waals surface area contributed by atoms with Crippen molar-refractivity contribution in [2.45, 2.75) is 24.2 Å². The molecular weight excluding hydrogens is 498 g/mol. The van der Waals surface area contributed by atoms with Gasteiger partial charge in [-0.05, 0) is 44.5 Å². The van der Waals surface area contributed by atoms with Gasteiger partial charge in [0.15, 0.2) is 0 Å². The molecule has 2 aliphatic carbocycles. The predicted octanol–water partition coefficient (Wildman–Crippen LogP) is 8.43. The number of fused-ring (bicyclic) bond motifs is 1. The second kappa shape index (κ2) is 8.70. The van der Waals surface area contributed by atoms with Crippen molar-refractivity contribution in [1.82, 2.24) is 0 Å². The van der Waals surface area contributed by atoms with Gasteiger partial charge in [-0.3, -0.25) is 0 Å². The standard InChI is InChI=1S/C28H22.2ClH.Zr/c1-19-23-14-7-10-21-11-8-15-24(26(21)23)27(19)28(22-12-3-2-4-13-22)18-17-20-9-5-6-16-25(20)28;;;/h2-19,27H,1H3;2*1H;/q;;;+2/p-2. The molecule has 0 saturated heterocycles. The topological polar surface area (TPSA) is 0 Å². The summed E-state index contributed by atoms with van der Waals surface area (Å²) in [7, 11) is 9.87. The summed E-state index contributed by atoms with van der Waals surface area (Å²) >= 11 is -0.826. The van der Waals surface area contributed by atoms with Gasteiger partial charge < -0.3 is 0 Å². The maximum atomic E-state index is 4.93. The number of hydrogen-bond acceptors (Lipinski definition) is 0. The minimum atomic E-state index is -0.826. The average molecular weight is 521 g/mol. The third-order valence-electron chi connectivity index (χ3n) is 6.97. The molecule has 6 rings (SSSR count). The molecule has 3 heteroatoms. The van der Waals surface area contributed by atoms with Gasteiger partial charge in [0.05, 0.1) is 0 Å². The first-order valence-electron chi connectivity index (χ1n) is 10.5. The molecule has 0 heterocycles. The van der Waals surface area contributed by atoms with E-state index in [4.69, 9.17) is 17.0 Å². The van der Waals surface area contributed by atoms with Gasteiger partial charge in [0, 0.05) is 11.3 Å². The summed E-state index contributed by atoms with van der Waals surface area (Å²) in [5, 5.41) is 2.83. The Morgan fingerprint density at radius 2 is 1.39 bits per heavy atom. The molecule has 3 unspecified atom stereocenters. The van der Waals surface area contributed by atoms with Crippen LogP contribution in [0.15, 0.2) is 97.1 Å². The Kier molecular flexibility index (Phi) is 5.95. The van der Waals surface area contributed by atoms with E-state index in [1.165, 1.54) is 38.6 Å². The molecule has 0 nitrogen and oxygen atoms in total. The first-order chi connectivity index (χ1) is 15.2. The van der Waals surface area contributed by atoms with E-state index >= 15 is 0 Å². The van der Waals surface area contributed by atoms with E-state index in [9.17, 15) is 0 Å². The second-order valence-electron chi connectivity index (χ2n) is 8.29. The molecule has 0 aliphatic heterocycles. The summed E-state index contributed by atoms with van der Waals surface area (Å²) in [6.45, 7) is 2.42. The third kappa shape index (κ3) is 3.29. The van der Waals surface area contributed by atoms with Crippen molar-refractivity contribution in [3.8, 4) is 0 Å². The van der Waals surface area contributed by atoms with Crippen molar-refractivity contribution in [2.75, 3.05) is 0 Å². The first-order valence-corrected chi connectivity index (χ1v) is 16.9. The van der Waals surface area contributed by atoms with Crippen molar-refractivity contribution in [1.29, 1.82) is 0 Å². The molecule has 0 amide bonds. The molecule has 2 aliphatic rings. The van der Waals surface area contributed by atoms with Gasteiger partial charge in [-0.2, -0.15) is 0 Å².